The number of phosphoric acid groups is 3. The molecule has 2 aliphatic rings. The third-order valence-electron chi connectivity index (χ3n) is 12.1. The molecule has 7 atom stereocenters. The van der Waals surface area contributed by atoms with E-state index >= 15 is 0 Å². The van der Waals surface area contributed by atoms with E-state index in [1.807, 2.05) is 19.9 Å². The maximum atomic E-state index is 13.1. The molecular weight excluding hydrogens is 999 g/mol. The first-order chi connectivity index (χ1) is 33.2. The van der Waals surface area contributed by atoms with Gasteiger partial charge in [0.05, 0.1) is 27.4 Å². The number of aromatic nitrogens is 4. The van der Waals surface area contributed by atoms with Crippen LogP contribution in [0.1, 0.15) is 103 Å². The van der Waals surface area contributed by atoms with Crippen molar-refractivity contribution in [1.29, 1.82) is 0 Å². The molecule has 71 heavy (non-hydrogen) atoms. The van der Waals surface area contributed by atoms with Crippen LogP contribution in [0, 0.1) is 10.8 Å². The average Bonchev–Trinajstić information content (AvgIpc) is 3.86. The van der Waals surface area contributed by atoms with Gasteiger partial charge >= 0.3 is 0 Å². The number of amides is 2. The van der Waals surface area contributed by atoms with Crippen molar-refractivity contribution in [3.63, 3.8) is 0 Å². The van der Waals surface area contributed by atoms with Crippen LogP contribution in [0.5, 0.6) is 0 Å². The van der Waals surface area contributed by atoms with Gasteiger partial charge < -0.3 is 73.8 Å². The number of nitrogens with one attached hydrogen (secondary N) is 2. The number of ketones is 1. The van der Waals surface area contributed by atoms with Crippen LogP contribution in [-0.2, 0) is 73.1 Å². The van der Waals surface area contributed by atoms with E-state index in [1.165, 1.54) is 25.0 Å². The number of carbonyl (C=O) groups excluding carboxylic acids is 4. The van der Waals surface area contributed by atoms with Crippen molar-refractivity contribution < 1.29 is 90.0 Å². The largest absolute Gasteiger partial charge is 0.790 e. The lowest BCUT2D eigenvalue weighted by Gasteiger charge is -2.36. The summed E-state index contributed by atoms with van der Waals surface area (Å²) in [5.74, 6) is -1.50. The topological polar surface area (TPSA) is 401 Å². The zero-order valence-electron chi connectivity index (χ0n) is 39.6. The molecule has 1 aliphatic heterocycles. The third-order valence-corrected chi connectivity index (χ3v) is 15.2. The van der Waals surface area contributed by atoms with Crippen LogP contribution in [0.2, 0.25) is 0 Å². The molecule has 7 unspecified atom stereocenters. The van der Waals surface area contributed by atoms with Gasteiger partial charge in [-0.2, -0.15) is 0 Å². The predicted octanol–water partition coefficient (Wildman–Crippen LogP) is 0.304. The summed E-state index contributed by atoms with van der Waals surface area (Å²) in [7, 11) is -17.7. The molecule has 0 spiro atoms. The number of Topliss-reactive ketones (excluding diaryl/α,β-unsaturated/α-hetero) is 1. The number of anilines is 1. The highest BCUT2D eigenvalue weighted by molar-refractivity contribution is 7.59. The minimum atomic E-state index is -5.94. The Labute approximate surface area is 409 Å². The van der Waals surface area contributed by atoms with Crippen LogP contribution in [-0.4, -0.2) is 110 Å². The summed E-state index contributed by atoms with van der Waals surface area (Å²) in [6.07, 6.45) is 0.0145. The van der Waals surface area contributed by atoms with Gasteiger partial charge in [0.1, 0.15) is 47.6 Å². The van der Waals surface area contributed by atoms with E-state index in [1.54, 1.807) is 0 Å². The third kappa shape index (κ3) is 17.2. The van der Waals surface area contributed by atoms with E-state index in [0.29, 0.717) is 6.47 Å². The Bertz CT molecular complexity index is 2480. The van der Waals surface area contributed by atoms with Crippen molar-refractivity contribution in [3.05, 3.63) is 48.0 Å². The number of carbonyl (C=O) groups is 4. The SMILES string of the molecule is CC(C)(CCCc1cccc(CCCCC2(C(=O)CCNC(=O)CCNC(=O)C(O)C(C)(C)COP(=O)([O-])OP(=O)([O-])OCC3OC(n4cnc5c(N)ncnc54)C(O)C3OP(=O)([O-])[O-])CC2)c1)OC=O. The number of phosphoric ester groups is 3. The Morgan fingerprint density at radius 1 is 0.972 bits per heavy atom. The number of unbranched alkanes of at least 4 members (excludes halogenated alkanes) is 1. The van der Waals surface area contributed by atoms with E-state index < -0.39 is 90.2 Å². The number of nitrogens with two attached hydrogens (primary N) is 1. The minimum Gasteiger partial charge on any atom is -0.790 e. The van der Waals surface area contributed by atoms with E-state index in [9.17, 15) is 62.7 Å². The number of benzene rings is 1. The first-order valence-electron chi connectivity index (χ1n) is 22.7. The first-order valence-corrected chi connectivity index (χ1v) is 27.1. The number of aryl methyl sites for hydroxylation is 2. The Kier molecular flexibility index (Phi) is 19.8. The van der Waals surface area contributed by atoms with Gasteiger partial charge in [-0.1, -0.05) is 44.5 Å². The fraction of sp³-hybridized carbons (Fsp3) is 0.643. The molecular formula is C42H60N7O19P3-4. The summed E-state index contributed by atoms with van der Waals surface area (Å²) in [5.41, 5.74) is 5.63. The number of imidazole rings is 1. The van der Waals surface area contributed by atoms with Gasteiger partial charge in [0.25, 0.3) is 22.1 Å². The molecule has 1 aliphatic carbocycles. The molecule has 2 amide bonds. The molecule has 1 aromatic carbocycles. The number of aliphatic hydroxyl groups excluding tert-OH is 2. The number of hydrogen-bond donors (Lipinski definition) is 5. The monoisotopic (exact) mass is 1060 g/mol. The number of hydrogen-bond acceptors (Lipinski definition) is 23. The Hall–Kier alpha value is -4.10. The average molecular weight is 1060 g/mol. The molecule has 6 N–H and O–H groups in total. The Morgan fingerprint density at radius 2 is 1.63 bits per heavy atom. The molecule has 2 fully saturated rings. The Morgan fingerprint density at radius 3 is 2.30 bits per heavy atom. The van der Waals surface area contributed by atoms with E-state index in [0.717, 1.165) is 75.0 Å². The number of nitrogens with zero attached hydrogens (tertiary/aromatic N) is 4. The van der Waals surface area contributed by atoms with Gasteiger partial charge in [-0.25, -0.2) is 19.3 Å². The summed E-state index contributed by atoms with van der Waals surface area (Å²) in [5, 5.41) is 26.5. The summed E-state index contributed by atoms with van der Waals surface area (Å²) in [4.78, 5) is 109. The van der Waals surface area contributed by atoms with Crippen LogP contribution < -0.4 is 35.9 Å². The lowest BCUT2D eigenvalue weighted by atomic mass is 9.87. The van der Waals surface area contributed by atoms with Crippen molar-refractivity contribution in [1.82, 2.24) is 30.2 Å². The molecule has 3 heterocycles. The van der Waals surface area contributed by atoms with Crippen LogP contribution in [0.15, 0.2) is 36.9 Å². The van der Waals surface area contributed by atoms with Crippen LogP contribution in [0.25, 0.3) is 11.2 Å². The fourth-order valence-electron chi connectivity index (χ4n) is 7.96. The van der Waals surface area contributed by atoms with Gasteiger partial charge in [0.2, 0.25) is 11.8 Å². The molecule has 3 aromatic rings. The zero-order chi connectivity index (χ0) is 52.4. The predicted molar refractivity (Wildman–Crippen MR) is 240 cm³/mol. The highest BCUT2D eigenvalue weighted by atomic mass is 31.3. The van der Waals surface area contributed by atoms with E-state index in [2.05, 4.69) is 61.7 Å². The van der Waals surface area contributed by atoms with E-state index in [4.69, 9.17) is 15.2 Å². The van der Waals surface area contributed by atoms with Crippen LogP contribution in [0.3, 0.4) is 0 Å². The molecule has 396 valence electrons. The first kappa shape index (κ1) is 57.8. The Balaban J connectivity index is 0.980. The molecule has 0 radical (unpaired) electrons. The molecule has 1 saturated carbocycles. The minimum absolute atomic E-state index is 0.0250. The van der Waals surface area contributed by atoms with Gasteiger partial charge in [-0.3, -0.25) is 32.9 Å². The quantitative estimate of drug-likeness (QED) is 0.0329. The lowest BCUT2D eigenvalue weighted by Crippen LogP contribution is -2.46. The summed E-state index contributed by atoms with van der Waals surface area (Å²) < 4.78 is 66.1. The summed E-state index contributed by atoms with van der Waals surface area (Å²) in [6, 6.07) is 8.41. The highest BCUT2D eigenvalue weighted by Crippen LogP contribution is 2.57. The van der Waals surface area contributed by atoms with Crippen LogP contribution in [0.4, 0.5) is 5.82 Å². The lowest BCUT2D eigenvalue weighted by molar-refractivity contribution is -0.347. The zero-order valence-corrected chi connectivity index (χ0v) is 42.3. The molecule has 1 saturated heterocycles. The second-order valence-corrected chi connectivity index (χ2v) is 22.9. The van der Waals surface area contributed by atoms with Crippen molar-refractivity contribution in [2.45, 2.75) is 135 Å². The second-order valence-electron chi connectivity index (χ2n) is 18.8. The second kappa shape index (κ2) is 24.3. The number of fused-ring (bicyclic) bond motifs is 1. The molecule has 29 heteroatoms. The van der Waals surface area contributed by atoms with Gasteiger partial charge in [-0.05, 0) is 76.3 Å². The van der Waals surface area contributed by atoms with Crippen molar-refractivity contribution in [3.8, 4) is 0 Å². The normalized spacial score (nSPS) is 21.2. The van der Waals surface area contributed by atoms with Crippen molar-refractivity contribution >= 4 is 64.5 Å². The summed E-state index contributed by atoms with van der Waals surface area (Å²) >= 11 is 0. The molecule has 0 bridgehead atoms. The number of ether oxygens (including phenoxy) is 2. The van der Waals surface area contributed by atoms with Gasteiger partial charge in [0, 0.05) is 36.8 Å². The molecule has 26 nitrogen and oxygen atoms in total. The highest BCUT2D eigenvalue weighted by Gasteiger charge is 2.49. The molecule has 5 rings (SSSR count). The van der Waals surface area contributed by atoms with Crippen LogP contribution >= 0.6 is 23.5 Å². The fourth-order valence-corrected chi connectivity index (χ4v) is 10.7. The summed E-state index contributed by atoms with van der Waals surface area (Å²) in [6.45, 7) is 4.22. The smallest absolute Gasteiger partial charge is 0.293 e. The maximum absolute atomic E-state index is 13.1. The van der Waals surface area contributed by atoms with Gasteiger partial charge in [0.15, 0.2) is 17.7 Å². The van der Waals surface area contributed by atoms with Crippen molar-refractivity contribution in [2.24, 2.45) is 10.8 Å². The number of aliphatic hydroxyl groups is 2. The van der Waals surface area contributed by atoms with Gasteiger partial charge in [-0.15, -0.1) is 0 Å². The molecule has 2 aromatic heterocycles. The van der Waals surface area contributed by atoms with E-state index in [-0.39, 0.29) is 54.1 Å². The number of rotatable bonds is 31. The standard InChI is InChI=1S/C42H64N7O19P3/c1-40(2,23-65-71(61,62)68-70(59,60)64-22-29-34(67-69(56,57)58)33(53)39(66-29)49-25-48-32-36(43)46-24-47-37(32)49)35(54)38(55)45-20-14-31(52)44-19-13-30(51)42(17-18-42)16-6-5-9-27-10-7-11-28(21-27)12-8-15-41(3,4)63-26-50/h7,10-11,21,24-26,29,33-35,39,53-54H,5-6,8-9,12-20,22-23H2,1-4H3,(H,44,52)(H,45,55)(H,59,60)(H,61,62)(H2,43,46,47)(H2,56,57,58)/p-4. The van der Waals surface area contributed by atoms with Crippen molar-refractivity contribution in [2.75, 3.05) is 32.0 Å². The maximum Gasteiger partial charge on any atom is 0.293 e. The number of nitrogen functional groups attached to an aromatic ring is 1.